The van der Waals surface area contributed by atoms with E-state index in [1.807, 2.05) is 0 Å². The number of halogens is 3. The number of alkyl halides is 3. The Kier molecular flexibility index (Phi) is 2.61. The number of benzene rings is 1. The van der Waals surface area contributed by atoms with Gasteiger partial charge in [-0.1, -0.05) is 12.1 Å². The van der Waals surface area contributed by atoms with Gasteiger partial charge in [-0.15, -0.1) is 0 Å². The number of fused-ring (bicyclic) bond motifs is 1. The average molecular weight is 239 g/mol. The normalized spacial score (nSPS) is 11.8. The second kappa shape index (κ2) is 3.84. The molecule has 1 aromatic carbocycles. The van der Waals surface area contributed by atoms with Gasteiger partial charge in [-0.3, -0.25) is 9.78 Å². The second-order valence-corrected chi connectivity index (χ2v) is 3.68. The number of aromatic nitrogens is 1. The van der Waals surface area contributed by atoms with Gasteiger partial charge in [-0.2, -0.15) is 13.2 Å². The van der Waals surface area contributed by atoms with E-state index in [4.69, 9.17) is 0 Å². The van der Waals surface area contributed by atoms with E-state index in [1.54, 1.807) is 0 Å². The maximum absolute atomic E-state index is 12.7. The van der Waals surface area contributed by atoms with Crippen LogP contribution in [0.15, 0.2) is 30.6 Å². The molecule has 1 aromatic heterocycles. The third-order valence-corrected chi connectivity index (χ3v) is 2.47. The molecule has 0 aliphatic rings. The zero-order valence-electron chi connectivity index (χ0n) is 8.88. The molecule has 0 aliphatic carbocycles. The molecule has 0 atom stereocenters. The van der Waals surface area contributed by atoms with Gasteiger partial charge in [0.05, 0.1) is 5.56 Å². The maximum atomic E-state index is 12.7. The molecule has 0 unspecified atom stereocenters. The first-order chi connectivity index (χ1) is 7.89. The van der Waals surface area contributed by atoms with E-state index in [-0.39, 0.29) is 11.2 Å². The van der Waals surface area contributed by atoms with E-state index < -0.39 is 11.7 Å². The quantitative estimate of drug-likeness (QED) is 0.713. The smallest absolute Gasteiger partial charge is 0.295 e. The standard InChI is InChI=1S/C12H8F3NO/c1-7(17)8-2-3-10-9(4-8)5-16-6-11(10)12(13,14)15/h2-6H,1H3. The van der Waals surface area contributed by atoms with Gasteiger partial charge in [0, 0.05) is 23.3 Å². The van der Waals surface area contributed by atoms with Crippen LogP contribution in [0.2, 0.25) is 0 Å². The zero-order chi connectivity index (χ0) is 12.6. The summed E-state index contributed by atoms with van der Waals surface area (Å²) in [6.07, 6.45) is -2.34. The molecular formula is C12H8F3NO. The van der Waals surface area contributed by atoms with Crippen LogP contribution in [0.1, 0.15) is 22.8 Å². The first-order valence-electron chi connectivity index (χ1n) is 4.85. The molecule has 17 heavy (non-hydrogen) atoms. The van der Waals surface area contributed by atoms with Gasteiger partial charge in [0.25, 0.3) is 0 Å². The number of nitrogens with zero attached hydrogens (tertiary/aromatic N) is 1. The number of carbonyl (C=O) groups excluding carboxylic acids is 1. The summed E-state index contributed by atoms with van der Waals surface area (Å²) in [6, 6.07) is 4.11. The molecule has 2 rings (SSSR count). The third-order valence-electron chi connectivity index (χ3n) is 2.47. The van der Waals surface area contributed by atoms with E-state index >= 15 is 0 Å². The van der Waals surface area contributed by atoms with E-state index in [1.165, 1.54) is 31.3 Å². The molecular weight excluding hydrogens is 231 g/mol. The maximum Gasteiger partial charge on any atom is 0.418 e. The van der Waals surface area contributed by atoms with E-state index in [2.05, 4.69) is 4.98 Å². The molecule has 0 aliphatic heterocycles. The van der Waals surface area contributed by atoms with Crippen LogP contribution in [0.4, 0.5) is 13.2 Å². The molecule has 0 amide bonds. The molecule has 0 bridgehead atoms. The van der Waals surface area contributed by atoms with Crippen LogP contribution in [-0.4, -0.2) is 10.8 Å². The number of carbonyl (C=O) groups is 1. The predicted octanol–water partition coefficient (Wildman–Crippen LogP) is 3.46. The Morgan fingerprint density at radius 3 is 2.53 bits per heavy atom. The fourth-order valence-corrected chi connectivity index (χ4v) is 1.62. The van der Waals surface area contributed by atoms with Crippen LogP contribution in [0, 0.1) is 0 Å². The highest BCUT2D eigenvalue weighted by molar-refractivity contribution is 5.98. The van der Waals surface area contributed by atoms with Gasteiger partial charge >= 0.3 is 6.18 Å². The van der Waals surface area contributed by atoms with Gasteiger partial charge in [-0.05, 0) is 18.4 Å². The summed E-state index contributed by atoms with van der Waals surface area (Å²) < 4.78 is 38.0. The molecule has 5 heteroatoms. The van der Waals surface area contributed by atoms with E-state index in [0.29, 0.717) is 10.9 Å². The predicted molar refractivity (Wildman–Crippen MR) is 56.7 cm³/mol. The Balaban J connectivity index is 2.72. The summed E-state index contributed by atoms with van der Waals surface area (Å²) in [7, 11) is 0. The summed E-state index contributed by atoms with van der Waals surface area (Å²) >= 11 is 0. The lowest BCUT2D eigenvalue weighted by Gasteiger charge is -2.09. The second-order valence-electron chi connectivity index (χ2n) is 3.68. The number of pyridine rings is 1. The molecule has 2 nitrogen and oxygen atoms in total. The van der Waals surface area contributed by atoms with Crippen molar-refractivity contribution in [3.05, 3.63) is 41.7 Å². The summed E-state index contributed by atoms with van der Waals surface area (Å²) in [5.41, 5.74) is -0.413. The van der Waals surface area contributed by atoms with Crippen molar-refractivity contribution in [1.82, 2.24) is 4.98 Å². The fraction of sp³-hybridized carbons (Fsp3) is 0.167. The minimum absolute atomic E-state index is 0.0532. The van der Waals surface area contributed by atoms with Crippen molar-refractivity contribution >= 4 is 16.6 Å². The van der Waals surface area contributed by atoms with Crippen LogP contribution >= 0.6 is 0 Å². The van der Waals surface area contributed by atoms with Crippen molar-refractivity contribution in [2.45, 2.75) is 13.1 Å². The SMILES string of the molecule is CC(=O)c1ccc2c(C(F)(F)F)cncc2c1. The molecule has 1 heterocycles. The van der Waals surface area contributed by atoms with Gasteiger partial charge in [0.1, 0.15) is 0 Å². The topological polar surface area (TPSA) is 30.0 Å². The Hall–Kier alpha value is -1.91. The summed E-state index contributed by atoms with van der Waals surface area (Å²) in [5.74, 6) is -0.190. The van der Waals surface area contributed by atoms with E-state index in [9.17, 15) is 18.0 Å². The van der Waals surface area contributed by atoms with Crippen LogP contribution in [0.25, 0.3) is 10.8 Å². The van der Waals surface area contributed by atoms with Crippen LogP contribution in [0.3, 0.4) is 0 Å². The van der Waals surface area contributed by atoms with Crippen LogP contribution < -0.4 is 0 Å². The van der Waals surface area contributed by atoms with Gasteiger partial charge in [0.15, 0.2) is 5.78 Å². The molecule has 0 saturated carbocycles. The molecule has 0 fully saturated rings. The number of Topliss-reactive ketones (excluding diaryl/α,β-unsaturated/α-hetero) is 1. The summed E-state index contributed by atoms with van der Waals surface area (Å²) in [4.78, 5) is 14.7. The van der Waals surface area contributed by atoms with E-state index in [0.717, 1.165) is 6.20 Å². The molecule has 2 aromatic rings. The Morgan fingerprint density at radius 2 is 1.94 bits per heavy atom. The lowest BCUT2D eigenvalue weighted by atomic mass is 10.0. The van der Waals surface area contributed by atoms with Gasteiger partial charge in [0.2, 0.25) is 0 Å². The number of ketones is 1. The highest BCUT2D eigenvalue weighted by Gasteiger charge is 2.32. The van der Waals surface area contributed by atoms with Crippen molar-refractivity contribution in [2.75, 3.05) is 0 Å². The third kappa shape index (κ3) is 2.13. The Bertz CT molecular complexity index is 590. The van der Waals surface area contributed by atoms with Crippen LogP contribution in [-0.2, 0) is 6.18 Å². The molecule has 88 valence electrons. The van der Waals surface area contributed by atoms with Crippen molar-refractivity contribution < 1.29 is 18.0 Å². The largest absolute Gasteiger partial charge is 0.418 e. The Labute approximate surface area is 95.1 Å². The van der Waals surface area contributed by atoms with Crippen molar-refractivity contribution in [1.29, 1.82) is 0 Å². The first-order valence-corrected chi connectivity index (χ1v) is 4.85. The number of hydrogen-bond acceptors (Lipinski definition) is 2. The van der Waals surface area contributed by atoms with Gasteiger partial charge in [-0.25, -0.2) is 0 Å². The average Bonchev–Trinajstić information content (AvgIpc) is 2.26. The van der Waals surface area contributed by atoms with Crippen molar-refractivity contribution in [3.63, 3.8) is 0 Å². The summed E-state index contributed by atoms with van der Waals surface area (Å²) in [6.45, 7) is 1.36. The Morgan fingerprint density at radius 1 is 1.24 bits per heavy atom. The number of rotatable bonds is 1. The van der Waals surface area contributed by atoms with Crippen molar-refractivity contribution in [3.8, 4) is 0 Å². The molecule has 0 radical (unpaired) electrons. The monoisotopic (exact) mass is 239 g/mol. The highest BCUT2D eigenvalue weighted by Crippen LogP contribution is 2.34. The first kappa shape index (κ1) is 11.6. The molecule has 0 saturated heterocycles. The van der Waals surface area contributed by atoms with Crippen molar-refractivity contribution in [2.24, 2.45) is 0 Å². The molecule has 0 spiro atoms. The number of hydrogen-bond donors (Lipinski definition) is 0. The van der Waals surface area contributed by atoms with Gasteiger partial charge < -0.3 is 0 Å². The minimum Gasteiger partial charge on any atom is -0.295 e. The van der Waals surface area contributed by atoms with Crippen LogP contribution in [0.5, 0.6) is 0 Å². The zero-order valence-corrected chi connectivity index (χ0v) is 8.88. The fourth-order valence-electron chi connectivity index (χ4n) is 1.62. The highest BCUT2D eigenvalue weighted by atomic mass is 19.4. The summed E-state index contributed by atoms with van der Waals surface area (Å²) in [5, 5.41) is 0.366. The minimum atomic E-state index is -4.44. The lowest BCUT2D eigenvalue weighted by Crippen LogP contribution is -2.06. The lowest BCUT2D eigenvalue weighted by molar-refractivity contribution is -0.136. The molecule has 0 N–H and O–H groups in total.